The number of hydrogen-bond donors (Lipinski definition) is 0. The number of non-ortho nitro benzene ring substituents is 1. The molecule has 12 heteroatoms. The average molecular weight is 589 g/mol. The van der Waals surface area contributed by atoms with Gasteiger partial charge >= 0.3 is 0 Å². The minimum Gasteiger partial charge on any atom is -0.496 e. The van der Waals surface area contributed by atoms with E-state index >= 15 is 0 Å². The Kier molecular flexibility index (Phi) is 7.25. The minimum atomic E-state index is -2.40. The van der Waals surface area contributed by atoms with Crippen LogP contribution in [0.15, 0.2) is 86.9 Å². The number of methoxy groups -OCH3 is 1. The average Bonchev–Trinajstić information content (AvgIpc) is 2.94. The van der Waals surface area contributed by atoms with Gasteiger partial charge in [0.25, 0.3) is 11.4 Å². The Hall–Kier alpha value is -5.10. The number of fused-ring (bicyclic) bond motifs is 2. The quantitative estimate of drug-likeness (QED) is 0.114. The first-order valence-electron chi connectivity index (χ1n) is 12.6. The lowest BCUT2D eigenvalue weighted by atomic mass is 9.85. The molecule has 3 aromatic carbocycles. The summed E-state index contributed by atoms with van der Waals surface area (Å²) in [4.78, 5) is 32.8. The van der Waals surface area contributed by atoms with Crippen molar-refractivity contribution in [3.8, 4) is 33.9 Å². The van der Waals surface area contributed by atoms with Crippen LogP contribution in [0.4, 0.5) is 11.4 Å². The van der Waals surface area contributed by atoms with Crippen molar-refractivity contribution >= 4 is 33.4 Å². The second kappa shape index (κ2) is 10.7. The van der Waals surface area contributed by atoms with Gasteiger partial charge in [0.1, 0.15) is 22.8 Å². The van der Waals surface area contributed by atoms with Gasteiger partial charge in [0.05, 0.1) is 23.0 Å². The second-order valence-electron chi connectivity index (χ2n) is 10.4. The van der Waals surface area contributed by atoms with Gasteiger partial charge in [0.2, 0.25) is 11.1 Å². The molecule has 0 radical (unpaired) electrons. The van der Waals surface area contributed by atoms with E-state index in [0.29, 0.717) is 22.5 Å². The normalized spacial score (nSPS) is 12.3. The molecule has 0 saturated carbocycles. The Bertz CT molecular complexity index is 1940. The molecule has 0 fully saturated rings. The van der Waals surface area contributed by atoms with E-state index in [-0.39, 0.29) is 27.1 Å². The van der Waals surface area contributed by atoms with E-state index in [2.05, 4.69) is 20.8 Å². The Morgan fingerprint density at radius 3 is 2.26 bits per heavy atom. The van der Waals surface area contributed by atoms with Gasteiger partial charge in [0, 0.05) is 40.3 Å². The Labute approximate surface area is 241 Å². The van der Waals surface area contributed by atoms with Gasteiger partial charge < -0.3 is 13.3 Å². The molecule has 0 aromatic heterocycles. The summed E-state index contributed by atoms with van der Waals surface area (Å²) < 4.78 is 30.4. The van der Waals surface area contributed by atoms with Crippen LogP contribution in [0.25, 0.3) is 33.4 Å². The molecular formula is C30H24N2O9S. The summed E-state index contributed by atoms with van der Waals surface area (Å²) in [6, 6.07) is 17.9. The summed E-state index contributed by atoms with van der Waals surface area (Å²) in [7, 11) is 1.58. The van der Waals surface area contributed by atoms with Gasteiger partial charge in [-0.3, -0.25) is 25.0 Å². The summed E-state index contributed by atoms with van der Waals surface area (Å²) in [6.07, 6.45) is 0. The molecule has 1 atom stereocenters. The van der Waals surface area contributed by atoms with Crippen molar-refractivity contribution in [1.82, 2.24) is 0 Å². The molecule has 214 valence electrons. The van der Waals surface area contributed by atoms with Crippen molar-refractivity contribution in [3.63, 3.8) is 0 Å². The summed E-state index contributed by atoms with van der Waals surface area (Å²) in [5.41, 5.74) is 1.91. The number of rotatable bonds is 7. The van der Waals surface area contributed by atoms with E-state index in [1.807, 2.05) is 18.2 Å². The topological polar surface area (TPSA) is 152 Å². The molecule has 1 aliphatic carbocycles. The van der Waals surface area contributed by atoms with Crippen LogP contribution in [0.1, 0.15) is 26.3 Å². The molecule has 0 bridgehead atoms. The lowest BCUT2D eigenvalue weighted by Gasteiger charge is -2.22. The third-order valence-corrected chi connectivity index (χ3v) is 7.75. The fourth-order valence-electron chi connectivity index (χ4n) is 4.59. The fraction of sp³-hybridized carbons (Fsp3) is 0.167. The number of ether oxygens (including phenoxy) is 1. The molecular weight excluding hydrogens is 564 g/mol. The van der Waals surface area contributed by atoms with Crippen LogP contribution in [-0.4, -0.2) is 21.2 Å². The van der Waals surface area contributed by atoms with E-state index in [4.69, 9.17) is 13.3 Å². The first-order valence-corrected chi connectivity index (χ1v) is 13.7. The lowest BCUT2D eigenvalue weighted by Crippen LogP contribution is -2.11. The second-order valence-corrected chi connectivity index (χ2v) is 11.5. The van der Waals surface area contributed by atoms with Gasteiger partial charge in [-0.05, 0) is 47.4 Å². The van der Waals surface area contributed by atoms with Crippen LogP contribution in [0.3, 0.4) is 0 Å². The van der Waals surface area contributed by atoms with Crippen LogP contribution >= 0.6 is 0 Å². The summed E-state index contributed by atoms with van der Waals surface area (Å²) in [5.74, 6) is 0.974. The highest BCUT2D eigenvalue weighted by molar-refractivity contribution is 7.80. The summed E-state index contributed by atoms with van der Waals surface area (Å²) in [6.45, 7) is 6.29. The van der Waals surface area contributed by atoms with Gasteiger partial charge in [-0.2, -0.15) is 0 Å². The van der Waals surface area contributed by atoms with Crippen LogP contribution in [0.2, 0.25) is 0 Å². The monoisotopic (exact) mass is 588 g/mol. The fourth-order valence-corrected chi connectivity index (χ4v) is 5.44. The molecule has 3 aromatic rings. The molecule has 5 rings (SSSR count). The molecule has 0 N–H and O–H groups in total. The van der Waals surface area contributed by atoms with E-state index in [1.165, 1.54) is 24.3 Å². The molecule has 1 unspecified atom stereocenters. The van der Waals surface area contributed by atoms with Crippen LogP contribution in [-0.2, 0) is 16.5 Å². The highest BCUT2D eigenvalue weighted by Gasteiger charge is 2.26. The van der Waals surface area contributed by atoms with Crippen LogP contribution in [0.5, 0.6) is 11.5 Å². The highest BCUT2D eigenvalue weighted by atomic mass is 32.2. The zero-order valence-corrected chi connectivity index (χ0v) is 23.7. The Morgan fingerprint density at radius 2 is 1.60 bits per heavy atom. The largest absolute Gasteiger partial charge is 0.496 e. The zero-order valence-electron chi connectivity index (χ0n) is 22.9. The summed E-state index contributed by atoms with van der Waals surface area (Å²) in [5, 5.41) is 23.2. The van der Waals surface area contributed by atoms with Gasteiger partial charge in [-0.15, -0.1) is 0 Å². The smallest absolute Gasteiger partial charge is 0.295 e. The Morgan fingerprint density at radius 1 is 0.857 bits per heavy atom. The van der Waals surface area contributed by atoms with Crippen molar-refractivity contribution in [2.75, 3.05) is 7.11 Å². The molecule has 0 spiro atoms. The predicted octanol–water partition coefficient (Wildman–Crippen LogP) is 6.79. The maximum atomic E-state index is 13.0. The Balaban J connectivity index is 1.65. The number of nitro groups is 2. The van der Waals surface area contributed by atoms with Gasteiger partial charge in [-0.1, -0.05) is 32.9 Å². The number of nitro benzene ring substituents is 2. The third kappa shape index (κ3) is 5.31. The first kappa shape index (κ1) is 28.4. The molecule has 0 amide bonds. The SMILES string of the molecule is COc1cc(C(C)(C)C)ccc1-c1c2ccc(=O)cc-2oc2cc(OS(=O)c3ccc([N+](=O)[O-])cc3[N+](=O)[O-])ccc12. The maximum absolute atomic E-state index is 13.0. The standard InChI is InChI=1S/C30H24N2O9S/c1-30(2,3)17-5-9-21(25(13-17)39-4)29-22-10-7-19(33)15-26(22)40-27-16-20(8-11-23(27)29)41-42(38)28-12-6-18(31(34)35)14-24(28)32(36)37/h5-16H,1-4H3. The molecule has 42 heavy (non-hydrogen) atoms. The van der Waals surface area contributed by atoms with Crippen molar-refractivity contribution < 1.29 is 27.4 Å². The predicted molar refractivity (Wildman–Crippen MR) is 157 cm³/mol. The minimum absolute atomic E-state index is 0.0517. The van der Waals surface area contributed by atoms with E-state index in [0.717, 1.165) is 34.9 Å². The number of hydrogen-bond acceptors (Lipinski definition) is 9. The highest BCUT2D eigenvalue weighted by Crippen LogP contribution is 2.45. The maximum Gasteiger partial charge on any atom is 0.295 e. The molecule has 11 nitrogen and oxygen atoms in total. The van der Waals surface area contributed by atoms with Crippen LogP contribution < -0.4 is 14.3 Å². The number of nitrogens with zero attached hydrogens (tertiary/aromatic N) is 2. The van der Waals surface area contributed by atoms with Crippen molar-refractivity contribution in [2.45, 2.75) is 31.1 Å². The first-order chi connectivity index (χ1) is 19.9. The van der Waals surface area contributed by atoms with Crippen molar-refractivity contribution in [2.24, 2.45) is 0 Å². The summed E-state index contributed by atoms with van der Waals surface area (Å²) >= 11 is -2.40. The molecule has 0 saturated heterocycles. The van der Waals surface area contributed by atoms with Crippen LogP contribution in [0, 0.1) is 20.2 Å². The molecule has 1 heterocycles. The molecule has 2 aliphatic rings. The van der Waals surface area contributed by atoms with E-state index in [1.54, 1.807) is 19.2 Å². The van der Waals surface area contributed by atoms with Crippen molar-refractivity contribution in [1.29, 1.82) is 0 Å². The van der Waals surface area contributed by atoms with Crippen molar-refractivity contribution in [3.05, 3.63) is 109 Å². The van der Waals surface area contributed by atoms with E-state index < -0.39 is 32.3 Å². The van der Waals surface area contributed by atoms with Gasteiger partial charge in [0.15, 0.2) is 10.3 Å². The third-order valence-electron chi connectivity index (χ3n) is 6.70. The molecule has 1 aliphatic heterocycles. The number of benzene rings is 4. The van der Waals surface area contributed by atoms with Gasteiger partial charge in [-0.25, -0.2) is 4.21 Å². The van der Waals surface area contributed by atoms with E-state index in [9.17, 15) is 29.2 Å². The lowest BCUT2D eigenvalue weighted by molar-refractivity contribution is -0.396. The zero-order chi connectivity index (χ0) is 30.3.